The van der Waals surface area contributed by atoms with Gasteiger partial charge in [0.1, 0.15) is 5.82 Å². The molecular weight excluding hydrogens is 242 g/mol. The Labute approximate surface area is 103 Å². The predicted octanol–water partition coefficient (Wildman–Crippen LogP) is 3.00. The Kier molecular flexibility index (Phi) is 3.64. The molecule has 0 aliphatic rings. The summed E-state index contributed by atoms with van der Waals surface area (Å²) >= 11 is 7.64. The highest BCUT2D eigenvalue weighted by Gasteiger charge is 2.02. The van der Waals surface area contributed by atoms with Gasteiger partial charge in [-0.25, -0.2) is 9.97 Å². The molecule has 0 radical (unpaired) electrons. The maximum Gasteiger partial charge on any atom is 0.138 e. The molecule has 0 amide bonds. The van der Waals surface area contributed by atoms with Crippen LogP contribution in [0.1, 0.15) is 5.82 Å². The molecular formula is C11H10ClN3S. The Morgan fingerprint density at radius 1 is 1.19 bits per heavy atom. The van der Waals surface area contributed by atoms with Gasteiger partial charge in [-0.1, -0.05) is 23.7 Å². The number of aromatic nitrogens is 2. The molecule has 82 valence electrons. The van der Waals surface area contributed by atoms with Crippen molar-refractivity contribution in [2.24, 2.45) is 0 Å². The van der Waals surface area contributed by atoms with Crippen LogP contribution in [-0.4, -0.2) is 9.97 Å². The average Bonchev–Trinajstić information content (AvgIpc) is 2.30. The van der Waals surface area contributed by atoms with Gasteiger partial charge in [0.15, 0.2) is 0 Å². The van der Waals surface area contributed by atoms with E-state index < -0.39 is 0 Å². The molecule has 0 saturated carbocycles. The maximum absolute atomic E-state index is 6.03. The third-order valence-corrected chi connectivity index (χ3v) is 3.43. The van der Waals surface area contributed by atoms with Gasteiger partial charge in [-0.2, -0.15) is 0 Å². The number of halogens is 1. The predicted molar refractivity (Wildman–Crippen MR) is 67.5 cm³/mol. The molecule has 0 saturated heterocycles. The van der Waals surface area contributed by atoms with Crippen molar-refractivity contribution in [3.63, 3.8) is 0 Å². The summed E-state index contributed by atoms with van der Waals surface area (Å²) in [5.74, 6) is 1.43. The zero-order valence-corrected chi connectivity index (χ0v) is 10.0. The lowest BCUT2D eigenvalue weighted by molar-refractivity contribution is 1.04. The zero-order valence-electron chi connectivity index (χ0n) is 8.43. The molecule has 1 heterocycles. The SMILES string of the molecule is Nc1cnc(CSc2ccccc2Cl)nc1. The van der Waals surface area contributed by atoms with Crippen LogP contribution < -0.4 is 5.73 Å². The molecule has 0 fully saturated rings. The van der Waals surface area contributed by atoms with E-state index in [1.54, 1.807) is 24.2 Å². The Hall–Kier alpha value is -1.26. The number of anilines is 1. The molecule has 3 nitrogen and oxygen atoms in total. The summed E-state index contributed by atoms with van der Waals surface area (Å²) in [6, 6.07) is 7.71. The molecule has 0 aliphatic heterocycles. The van der Waals surface area contributed by atoms with E-state index in [0.717, 1.165) is 15.7 Å². The molecule has 0 spiro atoms. The van der Waals surface area contributed by atoms with Crippen LogP contribution in [0, 0.1) is 0 Å². The van der Waals surface area contributed by atoms with E-state index in [1.165, 1.54) is 0 Å². The van der Waals surface area contributed by atoms with E-state index in [0.29, 0.717) is 11.4 Å². The number of nitrogen functional groups attached to an aromatic ring is 1. The van der Waals surface area contributed by atoms with Crippen LogP contribution >= 0.6 is 23.4 Å². The third-order valence-electron chi connectivity index (χ3n) is 1.92. The van der Waals surface area contributed by atoms with Crippen molar-refractivity contribution in [1.82, 2.24) is 9.97 Å². The summed E-state index contributed by atoms with van der Waals surface area (Å²) in [6.45, 7) is 0. The van der Waals surface area contributed by atoms with E-state index in [2.05, 4.69) is 9.97 Å². The lowest BCUT2D eigenvalue weighted by atomic mass is 10.4. The molecule has 16 heavy (non-hydrogen) atoms. The van der Waals surface area contributed by atoms with Crippen molar-refractivity contribution >= 4 is 29.1 Å². The van der Waals surface area contributed by atoms with E-state index >= 15 is 0 Å². The van der Waals surface area contributed by atoms with Crippen molar-refractivity contribution < 1.29 is 0 Å². The second-order valence-electron chi connectivity index (χ2n) is 3.15. The van der Waals surface area contributed by atoms with Crippen LogP contribution in [-0.2, 0) is 5.75 Å². The monoisotopic (exact) mass is 251 g/mol. The number of hydrogen-bond acceptors (Lipinski definition) is 4. The molecule has 0 unspecified atom stereocenters. The lowest BCUT2D eigenvalue weighted by Gasteiger charge is -2.02. The highest BCUT2D eigenvalue weighted by molar-refractivity contribution is 7.98. The van der Waals surface area contributed by atoms with Crippen molar-refractivity contribution in [3.8, 4) is 0 Å². The molecule has 2 rings (SSSR count). The van der Waals surface area contributed by atoms with Crippen molar-refractivity contribution in [2.45, 2.75) is 10.6 Å². The van der Waals surface area contributed by atoms with Crippen LogP contribution in [0.2, 0.25) is 5.02 Å². The smallest absolute Gasteiger partial charge is 0.138 e. The molecule has 1 aromatic carbocycles. The number of thioether (sulfide) groups is 1. The number of rotatable bonds is 3. The Morgan fingerprint density at radius 2 is 1.88 bits per heavy atom. The molecule has 0 aliphatic carbocycles. The molecule has 2 aromatic rings. The van der Waals surface area contributed by atoms with Gasteiger partial charge in [-0.05, 0) is 12.1 Å². The number of nitrogens with zero attached hydrogens (tertiary/aromatic N) is 2. The minimum Gasteiger partial charge on any atom is -0.396 e. The van der Waals surface area contributed by atoms with Gasteiger partial charge in [0, 0.05) is 4.90 Å². The first-order chi connectivity index (χ1) is 7.75. The highest BCUT2D eigenvalue weighted by Crippen LogP contribution is 2.28. The van der Waals surface area contributed by atoms with Crippen molar-refractivity contribution in [3.05, 3.63) is 47.5 Å². The number of nitrogens with two attached hydrogens (primary N) is 1. The summed E-state index contributed by atoms with van der Waals surface area (Å²) in [4.78, 5) is 9.28. The Balaban J connectivity index is 2.02. The van der Waals surface area contributed by atoms with Gasteiger partial charge in [0.25, 0.3) is 0 Å². The molecule has 5 heteroatoms. The van der Waals surface area contributed by atoms with E-state index in [-0.39, 0.29) is 0 Å². The third kappa shape index (κ3) is 2.87. The van der Waals surface area contributed by atoms with Crippen molar-refractivity contribution in [2.75, 3.05) is 5.73 Å². The standard InChI is InChI=1S/C11H10ClN3S/c12-9-3-1-2-4-10(9)16-7-11-14-5-8(13)6-15-11/h1-6H,7,13H2. The molecule has 2 N–H and O–H groups in total. The fraction of sp³-hybridized carbons (Fsp3) is 0.0909. The first-order valence-corrected chi connectivity index (χ1v) is 6.06. The second-order valence-corrected chi connectivity index (χ2v) is 4.58. The molecule has 0 bridgehead atoms. The quantitative estimate of drug-likeness (QED) is 0.852. The minimum absolute atomic E-state index is 0.575. The maximum atomic E-state index is 6.03. The fourth-order valence-electron chi connectivity index (χ4n) is 1.14. The van der Waals surface area contributed by atoms with E-state index in [4.69, 9.17) is 17.3 Å². The van der Waals surface area contributed by atoms with Crippen molar-refractivity contribution in [1.29, 1.82) is 0 Å². The van der Waals surface area contributed by atoms with Crippen LogP contribution in [0.4, 0.5) is 5.69 Å². The van der Waals surface area contributed by atoms with Gasteiger partial charge in [0.05, 0.1) is 28.9 Å². The normalized spacial score (nSPS) is 10.3. The van der Waals surface area contributed by atoms with Crippen LogP contribution in [0.15, 0.2) is 41.6 Å². The second kappa shape index (κ2) is 5.18. The largest absolute Gasteiger partial charge is 0.396 e. The lowest BCUT2D eigenvalue weighted by Crippen LogP contribution is -1.94. The van der Waals surface area contributed by atoms with E-state index in [1.807, 2.05) is 24.3 Å². The molecule has 1 aromatic heterocycles. The van der Waals surface area contributed by atoms with E-state index in [9.17, 15) is 0 Å². The summed E-state index contributed by atoms with van der Waals surface area (Å²) in [7, 11) is 0. The number of hydrogen-bond donors (Lipinski definition) is 1. The summed E-state index contributed by atoms with van der Waals surface area (Å²) < 4.78 is 0. The van der Waals surface area contributed by atoms with Crippen LogP contribution in [0.25, 0.3) is 0 Å². The van der Waals surface area contributed by atoms with Gasteiger partial charge in [0.2, 0.25) is 0 Å². The minimum atomic E-state index is 0.575. The number of benzene rings is 1. The summed E-state index contributed by atoms with van der Waals surface area (Å²) in [5, 5.41) is 0.753. The molecule has 0 atom stereocenters. The fourth-order valence-corrected chi connectivity index (χ4v) is 2.26. The Morgan fingerprint density at radius 3 is 2.56 bits per heavy atom. The summed E-state index contributed by atoms with van der Waals surface area (Å²) in [5.41, 5.74) is 6.08. The van der Waals surface area contributed by atoms with Crippen LogP contribution in [0.5, 0.6) is 0 Å². The topological polar surface area (TPSA) is 51.8 Å². The average molecular weight is 252 g/mol. The first kappa shape index (κ1) is 11.2. The van der Waals surface area contributed by atoms with Gasteiger partial charge in [-0.3, -0.25) is 0 Å². The van der Waals surface area contributed by atoms with Gasteiger partial charge < -0.3 is 5.73 Å². The highest BCUT2D eigenvalue weighted by atomic mass is 35.5. The van der Waals surface area contributed by atoms with Crippen LogP contribution in [0.3, 0.4) is 0 Å². The zero-order chi connectivity index (χ0) is 11.4. The first-order valence-electron chi connectivity index (χ1n) is 4.69. The van der Waals surface area contributed by atoms with Gasteiger partial charge in [-0.15, -0.1) is 11.8 Å². The summed E-state index contributed by atoms with van der Waals surface area (Å²) in [6.07, 6.45) is 3.21. The Bertz CT molecular complexity index is 473. The van der Waals surface area contributed by atoms with Gasteiger partial charge >= 0.3 is 0 Å².